The van der Waals surface area contributed by atoms with Crippen molar-refractivity contribution in [3.05, 3.63) is 53.0 Å². The number of methoxy groups -OCH3 is 1. The van der Waals surface area contributed by atoms with Crippen molar-refractivity contribution in [3.8, 4) is 11.5 Å². The van der Waals surface area contributed by atoms with Crippen LogP contribution in [0.5, 0.6) is 11.5 Å². The van der Waals surface area contributed by atoms with E-state index < -0.39 is 0 Å². The van der Waals surface area contributed by atoms with Gasteiger partial charge in [0.05, 0.1) is 7.11 Å². The van der Waals surface area contributed by atoms with Gasteiger partial charge < -0.3 is 14.8 Å². The maximum atomic E-state index is 5.62. The fourth-order valence-corrected chi connectivity index (χ4v) is 1.89. The van der Waals surface area contributed by atoms with Gasteiger partial charge in [0.15, 0.2) is 0 Å². The van der Waals surface area contributed by atoms with E-state index in [1.165, 1.54) is 0 Å². The molecule has 0 spiro atoms. The summed E-state index contributed by atoms with van der Waals surface area (Å²) in [5, 5.41) is 3.29. The lowest BCUT2D eigenvalue weighted by molar-refractivity contribution is 0.333. The van der Waals surface area contributed by atoms with Crippen molar-refractivity contribution in [3.63, 3.8) is 0 Å². The quantitative estimate of drug-likeness (QED) is 0.817. The first-order chi connectivity index (χ1) is 9.28. The lowest BCUT2D eigenvalue weighted by atomic mass is 10.3. The molecule has 0 aromatic heterocycles. The maximum Gasteiger partial charge on any atom is 0.120 e. The molecule has 1 N–H and O–H groups in total. The molecule has 0 amide bonds. The third-order valence-corrected chi connectivity index (χ3v) is 3.11. The second kappa shape index (κ2) is 7.04. The van der Waals surface area contributed by atoms with Crippen molar-refractivity contribution < 1.29 is 9.47 Å². The topological polar surface area (TPSA) is 30.5 Å². The molecule has 0 saturated carbocycles. The normalized spacial score (nSPS) is 10.0. The summed E-state index contributed by atoms with van der Waals surface area (Å²) >= 11 is 3.39. The van der Waals surface area contributed by atoms with Crippen LogP contribution in [0.1, 0.15) is 0 Å². The molecule has 0 bridgehead atoms. The van der Waals surface area contributed by atoms with Gasteiger partial charge in [-0.2, -0.15) is 0 Å². The molecule has 19 heavy (non-hydrogen) atoms. The van der Waals surface area contributed by atoms with Gasteiger partial charge in [0.2, 0.25) is 0 Å². The molecule has 0 unspecified atom stereocenters. The van der Waals surface area contributed by atoms with Crippen LogP contribution in [-0.2, 0) is 0 Å². The smallest absolute Gasteiger partial charge is 0.120 e. The molecular formula is C15H16BrNO2. The van der Waals surface area contributed by atoms with Gasteiger partial charge in [-0.15, -0.1) is 0 Å². The van der Waals surface area contributed by atoms with E-state index in [0.717, 1.165) is 28.2 Å². The lowest BCUT2D eigenvalue weighted by Gasteiger charge is -2.09. The average Bonchev–Trinajstić information content (AvgIpc) is 2.46. The van der Waals surface area contributed by atoms with E-state index >= 15 is 0 Å². The second-order valence-electron chi connectivity index (χ2n) is 3.96. The minimum Gasteiger partial charge on any atom is -0.497 e. The summed E-state index contributed by atoms with van der Waals surface area (Å²) in [6, 6.07) is 15.6. The molecule has 0 heterocycles. The Bertz CT molecular complexity index is 514. The van der Waals surface area contributed by atoms with Crippen molar-refractivity contribution in [2.24, 2.45) is 0 Å². The Morgan fingerprint density at radius 2 is 1.84 bits per heavy atom. The molecule has 4 heteroatoms. The molecule has 0 radical (unpaired) electrons. The first kappa shape index (κ1) is 13.7. The molecule has 0 aliphatic carbocycles. The van der Waals surface area contributed by atoms with E-state index in [-0.39, 0.29) is 0 Å². The summed E-state index contributed by atoms with van der Waals surface area (Å²) in [4.78, 5) is 0. The lowest BCUT2D eigenvalue weighted by Crippen LogP contribution is -2.11. The van der Waals surface area contributed by atoms with Gasteiger partial charge in [0, 0.05) is 22.8 Å². The van der Waals surface area contributed by atoms with E-state index in [1.807, 2.05) is 48.5 Å². The molecule has 3 nitrogen and oxygen atoms in total. The largest absolute Gasteiger partial charge is 0.497 e. The number of hydrogen-bond acceptors (Lipinski definition) is 3. The Labute approximate surface area is 121 Å². The number of hydrogen-bond donors (Lipinski definition) is 1. The summed E-state index contributed by atoms with van der Waals surface area (Å²) < 4.78 is 11.8. The first-order valence-electron chi connectivity index (χ1n) is 6.04. The SMILES string of the molecule is COc1cccc(NCCOc2ccc(Br)cc2)c1. The van der Waals surface area contributed by atoms with Crippen molar-refractivity contribution >= 4 is 21.6 Å². The van der Waals surface area contributed by atoms with Crippen LogP contribution >= 0.6 is 15.9 Å². The summed E-state index contributed by atoms with van der Waals surface area (Å²) in [7, 11) is 1.66. The summed E-state index contributed by atoms with van der Waals surface area (Å²) in [5.74, 6) is 1.72. The molecule has 0 fully saturated rings. The Hall–Kier alpha value is -1.68. The van der Waals surface area contributed by atoms with Crippen LogP contribution < -0.4 is 14.8 Å². The number of benzene rings is 2. The molecule has 0 saturated heterocycles. The highest BCUT2D eigenvalue weighted by Gasteiger charge is 1.96. The van der Waals surface area contributed by atoms with Gasteiger partial charge >= 0.3 is 0 Å². The van der Waals surface area contributed by atoms with E-state index in [9.17, 15) is 0 Å². The highest BCUT2D eigenvalue weighted by Crippen LogP contribution is 2.17. The monoisotopic (exact) mass is 321 g/mol. The predicted octanol–water partition coefficient (Wildman–Crippen LogP) is 3.95. The van der Waals surface area contributed by atoms with Gasteiger partial charge in [-0.1, -0.05) is 22.0 Å². The van der Waals surface area contributed by atoms with Crippen molar-refractivity contribution in [2.45, 2.75) is 0 Å². The zero-order chi connectivity index (χ0) is 13.5. The van der Waals surface area contributed by atoms with Gasteiger partial charge in [0.25, 0.3) is 0 Å². The Kier molecular flexibility index (Phi) is 5.10. The number of ether oxygens (including phenoxy) is 2. The fourth-order valence-electron chi connectivity index (χ4n) is 1.63. The third kappa shape index (κ3) is 4.48. The maximum absolute atomic E-state index is 5.62. The van der Waals surface area contributed by atoms with E-state index in [1.54, 1.807) is 7.11 Å². The van der Waals surface area contributed by atoms with Crippen LogP contribution in [0.3, 0.4) is 0 Å². The molecule has 0 atom stereocenters. The highest BCUT2D eigenvalue weighted by atomic mass is 79.9. The van der Waals surface area contributed by atoms with Crippen LogP contribution in [0, 0.1) is 0 Å². The number of nitrogens with one attached hydrogen (secondary N) is 1. The minimum absolute atomic E-state index is 0.610. The minimum atomic E-state index is 0.610. The van der Waals surface area contributed by atoms with Crippen LogP contribution in [-0.4, -0.2) is 20.3 Å². The van der Waals surface area contributed by atoms with Gasteiger partial charge in [0.1, 0.15) is 18.1 Å². The van der Waals surface area contributed by atoms with Crippen molar-refractivity contribution in [1.82, 2.24) is 0 Å². The Morgan fingerprint density at radius 1 is 1.05 bits per heavy atom. The van der Waals surface area contributed by atoms with Crippen LogP contribution in [0.2, 0.25) is 0 Å². The third-order valence-electron chi connectivity index (χ3n) is 2.58. The molecular weight excluding hydrogens is 306 g/mol. The van der Waals surface area contributed by atoms with Crippen molar-refractivity contribution in [2.75, 3.05) is 25.6 Å². The van der Waals surface area contributed by atoms with E-state index in [0.29, 0.717) is 6.61 Å². The van der Waals surface area contributed by atoms with Crippen LogP contribution in [0.4, 0.5) is 5.69 Å². The first-order valence-corrected chi connectivity index (χ1v) is 6.83. The fraction of sp³-hybridized carbons (Fsp3) is 0.200. The van der Waals surface area contributed by atoms with E-state index in [2.05, 4.69) is 21.2 Å². The standard InChI is InChI=1S/C15H16BrNO2/c1-18-15-4-2-3-13(11-15)17-9-10-19-14-7-5-12(16)6-8-14/h2-8,11,17H,9-10H2,1H3. The van der Waals surface area contributed by atoms with Crippen LogP contribution in [0.15, 0.2) is 53.0 Å². The molecule has 0 aliphatic rings. The number of anilines is 1. The zero-order valence-electron chi connectivity index (χ0n) is 10.7. The van der Waals surface area contributed by atoms with Gasteiger partial charge in [-0.05, 0) is 36.4 Å². The van der Waals surface area contributed by atoms with Crippen molar-refractivity contribution in [1.29, 1.82) is 0 Å². The Morgan fingerprint density at radius 3 is 2.58 bits per heavy atom. The highest BCUT2D eigenvalue weighted by molar-refractivity contribution is 9.10. The summed E-state index contributed by atoms with van der Waals surface area (Å²) in [6.07, 6.45) is 0. The van der Waals surface area contributed by atoms with Gasteiger partial charge in [-0.3, -0.25) is 0 Å². The molecule has 100 valence electrons. The number of rotatable bonds is 6. The van der Waals surface area contributed by atoms with Gasteiger partial charge in [-0.25, -0.2) is 0 Å². The zero-order valence-corrected chi connectivity index (χ0v) is 12.3. The summed E-state index contributed by atoms with van der Waals surface area (Å²) in [5.41, 5.74) is 1.03. The molecule has 2 aromatic carbocycles. The second-order valence-corrected chi connectivity index (χ2v) is 4.88. The molecule has 2 aromatic rings. The molecule has 0 aliphatic heterocycles. The molecule has 2 rings (SSSR count). The summed E-state index contributed by atoms with van der Waals surface area (Å²) in [6.45, 7) is 1.35. The predicted molar refractivity (Wildman–Crippen MR) is 81.1 cm³/mol. The number of halogens is 1. The Balaban J connectivity index is 1.75. The van der Waals surface area contributed by atoms with Crippen LogP contribution in [0.25, 0.3) is 0 Å². The average molecular weight is 322 g/mol. The van der Waals surface area contributed by atoms with E-state index in [4.69, 9.17) is 9.47 Å².